The van der Waals surface area contributed by atoms with Crippen LogP contribution in [-0.2, 0) is 4.74 Å². The van der Waals surface area contributed by atoms with Gasteiger partial charge in [-0.2, -0.15) is 0 Å². The molecule has 0 aliphatic carbocycles. The van der Waals surface area contributed by atoms with Crippen molar-refractivity contribution >= 4 is 11.8 Å². The zero-order chi connectivity index (χ0) is 13.1. The van der Waals surface area contributed by atoms with Crippen LogP contribution in [0.1, 0.15) is 20.3 Å². The zero-order valence-corrected chi connectivity index (χ0v) is 12.2. The molecule has 0 spiro atoms. The van der Waals surface area contributed by atoms with Gasteiger partial charge < -0.3 is 9.64 Å². The summed E-state index contributed by atoms with van der Waals surface area (Å²) in [5.41, 5.74) is 0.128. The second kappa shape index (κ2) is 5.99. The summed E-state index contributed by atoms with van der Waals surface area (Å²) in [5, 5.41) is 0.793. The third-order valence-electron chi connectivity index (χ3n) is 3.40. The largest absolute Gasteiger partial charge is 0.364 e. The first-order chi connectivity index (χ1) is 8.58. The number of nitrogens with zero attached hydrogens (tertiary/aromatic N) is 3. The van der Waals surface area contributed by atoms with Crippen LogP contribution in [0.2, 0.25) is 0 Å². The lowest BCUT2D eigenvalue weighted by atomic mass is 9.93. The Morgan fingerprint density at radius 2 is 1.94 bits per heavy atom. The van der Waals surface area contributed by atoms with E-state index in [1.165, 1.54) is 0 Å². The van der Waals surface area contributed by atoms with E-state index in [1.807, 2.05) is 6.07 Å². The SMILES string of the molecule is CC1C(N(C)C)C[C@@H](C)O[C@@H]1Sc1ncccn1. The molecule has 4 nitrogen and oxygen atoms in total. The number of aromatic nitrogens is 2. The Hall–Kier alpha value is -0.650. The zero-order valence-electron chi connectivity index (χ0n) is 11.4. The molecule has 5 heteroatoms. The average molecular weight is 267 g/mol. The van der Waals surface area contributed by atoms with Crippen LogP contribution in [0, 0.1) is 5.92 Å². The molecule has 0 N–H and O–H groups in total. The van der Waals surface area contributed by atoms with E-state index in [4.69, 9.17) is 4.74 Å². The molecule has 0 radical (unpaired) electrons. The van der Waals surface area contributed by atoms with E-state index in [-0.39, 0.29) is 11.5 Å². The Kier molecular flexibility index (Phi) is 4.59. The Labute approximate surface area is 113 Å². The Balaban J connectivity index is 2.07. The quantitative estimate of drug-likeness (QED) is 0.786. The summed E-state index contributed by atoms with van der Waals surface area (Å²) in [7, 11) is 4.28. The molecule has 2 rings (SSSR count). The van der Waals surface area contributed by atoms with Crippen LogP contribution in [0.4, 0.5) is 0 Å². The first-order valence-corrected chi connectivity index (χ1v) is 7.21. The van der Waals surface area contributed by atoms with Gasteiger partial charge in [-0.15, -0.1) is 0 Å². The molecule has 4 atom stereocenters. The first-order valence-electron chi connectivity index (χ1n) is 6.33. The molecular formula is C13H21N3OS. The lowest BCUT2D eigenvalue weighted by Gasteiger charge is -2.41. The predicted molar refractivity (Wildman–Crippen MR) is 73.5 cm³/mol. The standard InChI is InChI=1S/C13H21N3OS/c1-9-8-11(16(3)4)10(2)12(17-9)18-13-14-6-5-7-15-13/h5-7,9-12H,8H2,1-4H3/t9-,10?,11?,12-/m1/s1. The molecule has 0 bridgehead atoms. The summed E-state index contributed by atoms with van der Waals surface area (Å²) < 4.78 is 6.04. The Morgan fingerprint density at radius 3 is 2.56 bits per heavy atom. The van der Waals surface area contributed by atoms with Crippen molar-refractivity contribution < 1.29 is 4.74 Å². The summed E-state index contributed by atoms with van der Waals surface area (Å²) in [6, 6.07) is 2.38. The van der Waals surface area contributed by atoms with Gasteiger partial charge >= 0.3 is 0 Å². The first kappa shape index (κ1) is 13.8. The molecule has 0 amide bonds. The highest BCUT2D eigenvalue weighted by Gasteiger charge is 2.36. The van der Waals surface area contributed by atoms with Gasteiger partial charge in [-0.25, -0.2) is 9.97 Å². The molecule has 1 saturated heterocycles. The van der Waals surface area contributed by atoms with Gasteiger partial charge in [0.05, 0.1) is 6.10 Å². The Morgan fingerprint density at radius 1 is 1.28 bits per heavy atom. The number of thioether (sulfide) groups is 1. The molecule has 2 heterocycles. The minimum absolute atomic E-state index is 0.128. The second-order valence-electron chi connectivity index (χ2n) is 5.09. The predicted octanol–water partition coefficient (Wildman–Crippen LogP) is 2.27. The van der Waals surface area contributed by atoms with Crippen molar-refractivity contribution in [2.75, 3.05) is 14.1 Å². The monoisotopic (exact) mass is 267 g/mol. The summed E-state index contributed by atoms with van der Waals surface area (Å²) in [5.74, 6) is 0.463. The lowest BCUT2D eigenvalue weighted by Crippen LogP contribution is -2.47. The molecule has 0 aromatic carbocycles. The van der Waals surface area contributed by atoms with Crippen molar-refractivity contribution in [3.8, 4) is 0 Å². The molecule has 1 aromatic heterocycles. The van der Waals surface area contributed by atoms with E-state index >= 15 is 0 Å². The van der Waals surface area contributed by atoms with Gasteiger partial charge in [0.15, 0.2) is 5.16 Å². The molecule has 1 fully saturated rings. The maximum atomic E-state index is 6.04. The molecule has 1 aromatic rings. The van der Waals surface area contributed by atoms with Crippen molar-refractivity contribution in [3.63, 3.8) is 0 Å². The van der Waals surface area contributed by atoms with E-state index in [9.17, 15) is 0 Å². The van der Waals surface area contributed by atoms with Crippen molar-refractivity contribution in [2.45, 2.75) is 43.0 Å². The van der Waals surface area contributed by atoms with Crippen LogP contribution in [0.3, 0.4) is 0 Å². The minimum atomic E-state index is 0.128. The fourth-order valence-corrected chi connectivity index (χ4v) is 3.50. The maximum absolute atomic E-state index is 6.04. The third kappa shape index (κ3) is 3.22. The summed E-state index contributed by atoms with van der Waals surface area (Å²) in [6.07, 6.45) is 4.92. The average Bonchev–Trinajstić information content (AvgIpc) is 2.34. The lowest BCUT2D eigenvalue weighted by molar-refractivity contribution is -0.0589. The topological polar surface area (TPSA) is 38.2 Å². The van der Waals surface area contributed by atoms with E-state index in [0.717, 1.165) is 11.6 Å². The van der Waals surface area contributed by atoms with Crippen molar-refractivity contribution in [1.82, 2.24) is 14.9 Å². The number of hydrogen-bond donors (Lipinski definition) is 0. The number of rotatable bonds is 3. The minimum Gasteiger partial charge on any atom is -0.364 e. The number of ether oxygens (including phenoxy) is 1. The van der Waals surface area contributed by atoms with E-state index in [2.05, 4.69) is 42.8 Å². The van der Waals surface area contributed by atoms with Crippen LogP contribution in [0.25, 0.3) is 0 Å². The van der Waals surface area contributed by atoms with Gasteiger partial charge in [-0.05, 0) is 33.5 Å². The van der Waals surface area contributed by atoms with Gasteiger partial charge in [0.25, 0.3) is 0 Å². The molecule has 2 unspecified atom stereocenters. The fraction of sp³-hybridized carbons (Fsp3) is 0.692. The van der Waals surface area contributed by atoms with Crippen LogP contribution < -0.4 is 0 Å². The smallest absolute Gasteiger partial charge is 0.190 e. The number of hydrogen-bond acceptors (Lipinski definition) is 5. The normalized spacial score (nSPS) is 32.7. The van der Waals surface area contributed by atoms with Crippen LogP contribution in [0.5, 0.6) is 0 Å². The van der Waals surface area contributed by atoms with Crippen LogP contribution >= 0.6 is 11.8 Å². The van der Waals surface area contributed by atoms with Crippen molar-refractivity contribution in [2.24, 2.45) is 5.92 Å². The molecular weight excluding hydrogens is 246 g/mol. The van der Waals surface area contributed by atoms with Gasteiger partial charge in [-0.3, -0.25) is 0 Å². The summed E-state index contributed by atoms with van der Waals surface area (Å²) in [6.45, 7) is 4.39. The third-order valence-corrected chi connectivity index (χ3v) is 4.60. The van der Waals surface area contributed by atoms with Crippen LogP contribution in [-0.4, -0.2) is 46.5 Å². The molecule has 100 valence electrons. The highest BCUT2D eigenvalue weighted by molar-refractivity contribution is 7.99. The summed E-state index contributed by atoms with van der Waals surface area (Å²) >= 11 is 1.63. The van der Waals surface area contributed by atoms with Crippen molar-refractivity contribution in [3.05, 3.63) is 18.5 Å². The van der Waals surface area contributed by atoms with E-state index < -0.39 is 0 Å². The highest BCUT2D eigenvalue weighted by Crippen LogP contribution is 2.36. The summed E-state index contributed by atoms with van der Waals surface area (Å²) in [4.78, 5) is 10.8. The van der Waals surface area contributed by atoms with Gasteiger partial charge in [0.1, 0.15) is 5.44 Å². The highest BCUT2D eigenvalue weighted by atomic mass is 32.2. The molecule has 18 heavy (non-hydrogen) atoms. The van der Waals surface area contributed by atoms with Gasteiger partial charge in [-0.1, -0.05) is 18.7 Å². The van der Waals surface area contributed by atoms with E-state index in [0.29, 0.717) is 12.0 Å². The fourth-order valence-electron chi connectivity index (χ4n) is 2.41. The maximum Gasteiger partial charge on any atom is 0.190 e. The van der Waals surface area contributed by atoms with Gasteiger partial charge in [0, 0.05) is 24.4 Å². The Bertz CT molecular complexity index is 374. The second-order valence-corrected chi connectivity index (χ2v) is 6.16. The van der Waals surface area contributed by atoms with Crippen molar-refractivity contribution in [1.29, 1.82) is 0 Å². The van der Waals surface area contributed by atoms with E-state index in [1.54, 1.807) is 24.2 Å². The van der Waals surface area contributed by atoms with Crippen LogP contribution in [0.15, 0.2) is 23.6 Å². The van der Waals surface area contributed by atoms with Gasteiger partial charge in [0.2, 0.25) is 0 Å². The molecule has 0 saturated carbocycles. The molecule has 1 aliphatic heterocycles. The molecule has 1 aliphatic rings.